The maximum Gasteiger partial charge on any atom is 0.573 e. The van der Waals surface area contributed by atoms with Crippen molar-refractivity contribution in [2.24, 2.45) is 0 Å². The van der Waals surface area contributed by atoms with Crippen molar-refractivity contribution in [3.63, 3.8) is 0 Å². The molecule has 0 aliphatic heterocycles. The Labute approximate surface area is 189 Å². The molecule has 34 heavy (non-hydrogen) atoms. The Bertz CT molecular complexity index is 1240. The van der Waals surface area contributed by atoms with Crippen molar-refractivity contribution >= 4 is 5.91 Å². The number of aliphatic hydroxyl groups excluding tert-OH is 1. The van der Waals surface area contributed by atoms with E-state index in [1.807, 2.05) is 0 Å². The van der Waals surface area contributed by atoms with Gasteiger partial charge in [0, 0.05) is 18.5 Å². The van der Waals surface area contributed by atoms with Crippen LogP contribution in [0.5, 0.6) is 5.75 Å². The quantitative estimate of drug-likeness (QED) is 0.503. The third kappa shape index (κ3) is 6.16. The van der Waals surface area contributed by atoms with Crippen LogP contribution in [0.4, 0.5) is 22.0 Å². The molecule has 1 unspecified atom stereocenters. The minimum Gasteiger partial charge on any atom is -0.403 e. The molecule has 2 heterocycles. The number of hydrogen-bond donors (Lipinski definition) is 2. The number of pyridine rings is 2. The summed E-state index contributed by atoms with van der Waals surface area (Å²) in [7, 11) is 0. The Hall–Kier alpha value is -3.80. The molecule has 12 heteroatoms. The average molecular weight is 483 g/mol. The summed E-state index contributed by atoms with van der Waals surface area (Å²) in [6, 6.07) is 5.60. The Balaban J connectivity index is 1.99. The Morgan fingerprint density at radius 1 is 1.18 bits per heavy atom. The first-order valence-corrected chi connectivity index (χ1v) is 9.79. The van der Waals surface area contributed by atoms with E-state index in [2.05, 4.69) is 15.0 Å². The molecule has 1 aromatic carbocycles. The molecule has 2 atom stereocenters. The topological polar surface area (TPSA) is 93.5 Å². The van der Waals surface area contributed by atoms with E-state index in [9.17, 15) is 36.6 Å². The van der Waals surface area contributed by atoms with Gasteiger partial charge in [-0.05, 0) is 42.8 Å². The molecule has 7 nitrogen and oxygen atoms in total. The molecule has 0 aliphatic carbocycles. The first-order valence-electron chi connectivity index (χ1n) is 9.79. The molecule has 1 amide bonds. The maximum atomic E-state index is 14.5. The fourth-order valence-corrected chi connectivity index (χ4v) is 3.13. The van der Waals surface area contributed by atoms with E-state index in [1.165, 1.54) is 31.5 Å². The average Bonchev–Trinajstić information content (AvgIpc) is 2.74. The van der Waals surface area contributed by atoms with Gasteiger partial charge in [-0.3, -0.25) is 14.6 Å². The van der Waals surface area contributed by atoms with E-state index >= 15 is 0 Å². The molecule has 0 saturated heterocycles. The van der Waals surface area contributed by atoms with Crippen LogP contribution in [-0.4, -0.2) is 33.0 Å². The number of hydrogen-bond acceptors (Lipinski definition) is 5. The van der Waals surface area contributed by atoms with E-state index in [4.69, 9.17) is 0 Å². The molecule has 0 radical (unpaired) electrons. The zero-order valence-corrected chi connectivity index (χ0v) is 17.5. The van der Waals surface area contributed by atoms with Gasteiger partial charge >= 0.3 is 6.36 Å². The van der Waals surface area contributed by atoms with Gasteiger partial charge in [0.1, 0.15) is 11.5 Å². The minimum atomic E-state index is -5.13. The van der Waals surface area contributed by atoms with Gasteiger partial charge in [0.25, 0.3) is 11.5 Å². The number of alkyl halides is 3. The minimum absolute atomic E-state index is 0.0425. The van der Waals surface area contributed by atoms with Crippen molar-refractivity contribution in [1.29, 1.82) is 0 Å². The highest BCUT2D eigenvalue weighted by molar-refractivity contribution is 5.94. The van der Waals surface area contributed by atoms with Crippen LogP contribution < -0.4 is 15.6 Å². The fourth-order valence-electron chi connectivity index (χ4n) is 3.13. The first kappa shape index (κ1) is 24.8. The standard InChI is InChI=1S/C22H18F5N3O4/c1-12(31)10-30-11-14(5-7-18(30)32)21(33)29-19(20-15(23)3-2-8-28-20)13-4-6-17(16(24)9-13)34-22(25,26)27/h2-9,11-12,19,31H,10H2,1H3,(H,29,33)/t12-,19?/m0/s1. The third-order valence-corrected chi connectivity index (χ3v) is 4.56. The van der Waals surface area contributed by atoms with Crippen LogP contribution >= 0.6 is 0 Å². The molecule has 3 aromatic rings. The number of benzene rings is 1. The summed E-state index contributed by atoms with van der Waals surface area (Å²) in [5.41, 5.74) is -0.960. The van der Waals surface area contributed by atoms with Crippen LogP contribution in [-0.2, 0) is 6.54 Å². The van der Waals surface area contributed by atoms with Crippen LogP contribution in [0.15, 0.2) is 59.7 Å². The van der Waals surface area contributed by atoms with E-state index < -0.39 is 47.4 Å². The zero-order chi connectivity index (χ0) is 25.0. The van der Waals surface area contributed by atoms with E-state index in [0.717, 1.165) is 22.8 Å². The summed E-state index contributed by atoms with van der Waals surface area (Å²) in [5.74, 6) is -4.17. The van der Waals surface area contributed by atoms with E-state index in [1.54, 1.807) is 0 Å². The molecule has 0 bridgehead atoms. The summed E-state index contributed by atoms with van der Waals surface area (Å²) in [5, 5.41) is 12.0. The number of carbonyl (C=O) groups excluding carboxylic acids is 1. The molecular weight excluding hydrogens is 465 g/mol. The summed E-state index contributed by atoms with van der Waals surface area (Å²) >= 11 is 0. The van der Waals surface area contributed by atoms with E-state index in [-0.39, 0.29) is 23.4 Å². The number of carbonyl (C=O) groups is 1. The lowest BCUT2D eigenvalue weighted by Gasteiger charge is -2.20. The van der Waals surface area contributed by atoms with Crippen molar-refractivity contribution in [2.75, 3.05) is 0 Å². The maximum absolute atomic E-state index is 14.5. The molecule has 0 fully saturated rings. The second-order valence-corrected chi connectivity index (χ2v) is 7.27. The third-order valence-electron chi connectivity index (χ3n) is 4.56. The lowest BCUT2D eigenvalue weighted by Crippen LogP contribution is -2.32. The summed E-state index contributed by atoms with van der Waals surface area (Å²) in [4.78, 5) is 28.7. The zero-order valence-electron chi connectivity index (χ0n) is 17.5. The predicted octanol–water partition coefficient (Wildman–Crippen LogP) is 3.32. The number of nitrogens with one attached hydrogen (secondary N) is 1. The highest BCUT2D eigenvalue weighted by atomic mass is 19.4. The van der Waals surface area contributed by atoms with Crippen molar-refractivity contribution in [2.45, 2.75) is 32.0 Å². The van der Waals surface area contributed by atoms with Crippen molar-refractivity contribution in [1.82, 2.24) is 14.9 Å². The summed E-state index contributed by atoms with van der Waals surface area (Å²) < 4.78 is 70.9. The Morgan fingerprint density at radius 3 is 2.53 bits per heavy atom. The number of amides is 1. The number of ether oxygens (including phenoxy) is 1. The molecule has 0 spiro atoms. The monoisotopic (exact) mass is 483 g/mol. The van der Waals surface area contributed by atoms with Crippen LogP contribution in [0, 0.1) is 11.6 Å². The summed E-state index contributed by atoms with van der Waals surface area (Å²) in [6.07, 6.45) is -3.61. The van der Waals surface area contributed by atoms with Gasteiger partial charge in [0.15, 0.2) is 11.6 Å². The van der Waals surface area contributed by atoms with Gasteiger partial charge in [-0.2, -0.15) is 0 Å². The van der Waals surface area contributed by atoms with Gasteiger partial charge in [-0.1, -0.05) is 6.07 Å². The molecular formula is C22H18F5N3O4. The first-order chi connectivity index (χ1) is 15.9. The number of rotatable bonds is 7. The normalized spacial score (nSPS) is 13.3. The van der Waals surface area contributed by atoms with Crippen LogP contribution in [0.2, 0.25) is 0 Å². The largest absolute Gasteiger partial charge is 0.573 e. The smallest absolute Gasteiger partial charge is 0.403 e. The number of aliphatic hydroxyl groups is 1. The van der Waals surface area contributed by atoms with Crippen LogP contribution in [0.25, 0.3) is 0 Å². The molecule has 3 rings (SSSR count). The molecule has 180 valence electrons. The highest BCUT2D eigenvalue weighted by Crippen LogP contribution is 2.30. The van der Waals surface area contributed by atoms with Crippen molar-refractivity contribution in [3.05, 3.63) is 93.7 Å². The van der Waals surface area contributed by atoms with Gasteiger partial charge in [0.2, 0.25) is 0 Å². The van der Waals surface area contributed by atoms with Gasteiger partial charge in [-0.15, -0.1) is 13.2 Å². The highest BCUT2D eigenvalue weighted by Gasteiger charge is 2.33. The predicted molar refractivity (Wildman–Crippen MR) is 109 cm³/mol. The Kier molecular flexibility index (Phi) is 7.30. The Morgan fingerprint density at radius 2 is 1.91 bits per heavy atom. The molecule has 2 N–H and O–H groups in total. The van der Waals surface area contributed by atoms with Gasteiger partial charge in [-0.25, -0.2) is 8.78 Å². The lowest BCUT2D eigenvalue weighted by atomic mass is 10.0. The van der Waals surface area contributed by atoms with Crippen LogP contribution in [0.1, 0.15) is 34.6 Å². The second-order valence-electron chi connectivity index (χ2n) is 7.27. The molecule has 0 saturated carbocycles. The number of nitrogens with zero attached hydrogens (tertiary/aromatic N) is 2. The fraction of sp³-hybridized carbons (Fsp3) is 0.227. The van der Waals surface area contributed by atoms with Crippen molar-refractivity contribution in [3.8, 4) is 5.75 Å². The number of aromatic nitrogens is 2. The second kappa shape index (κ2) is 10.00. The van der Waals surface area contributed by atoms with E-state index in [0.29, 0.717) is 12.1 Å². The van der Waals surface area contributed by atoms with Crippen molar-refractivity contribution < 1.29 is 36.6 Å². The summed E-state index contributed by atoms with van der Waals surface area (Å²) in [6.45, 7) is 1.35. The van der Waals surface area contributed by atoms with Gasteiger partial charge in [0.05, 0.1) is 24.3 Å². The van der Waals surface area contributed by atoms with Gasteiger partial charge < -0.3 is 19.7 Å². The van der Waals surface area contributed by atoms with Crippen LogP contribution in [0.3, 0.4) is 0 Å². The SMILES string of the molecule is C[C@H](O)Cn1cc(C(=O)NC(c2ccc(OC(F)(F)F)c(F)c2)c2ncccc2F)ccc1=O. The number of halogens is 5. The lowest BCUT2D eigenvalue weighted by molar-refractivity contribution is -0.275. The molecule has 2 aromatic heterocycles. The molecule has 0 aliphatic rings.